The average molecular weight is 216 g/mol. The molecule has 0 heterocycles. The zero-order valence-electron chi connectivity index (χ0n) is 13.2. The topological polar surface area (TPSA) is 0 Å². The number of hydrogen-bond donors (Lipinski definition) is 0. The van der Waals surface area contributed by atoms with Crippen LogP contribution in [0.25, 0.3) is 0 Å². The third kappa shape index (κ3) is 88.5. The maximum absolute atomic E-state index is 2.08. The Balaban J connectivity index is -0.0000000353. The van der Waals surface area contributed by atoms with Crippen molar-refractivity contribution < 1.29 is 0 Å². The Morgan fingerprint density at radius 1 is 0.667 bits per heavy atom. The van der Waals surface area contributed by atoms with E-state index < -0.39 is 0 Å². The van der Waals surface area contributed by atoms with E-state index in [1.807, 2.05) is 75.3 Å². The zero-order valence-corrected chi connectivity index (χ0v) is 13.2. The molecule has 0 aromatic heterocycles. The molecule has 0 aromatic rings. The van der Waals surface area contributed by atoms with Gasteiger partial charge in [0.1, 0.15) is 0 Å². The second-order valence-electron chi connectivity index (χ2n) is 1.53. The highest BCUT2D eigenvalue weighted by Gasteiger charge is 1.69. The van der Waals surface area contributed by atoms with Gasteiger partial charge in [-0.3, -0.25) is 0 Å². The third-order valence-corrected chi connectivity index (χ3v) is 0.885. The first kappa shape index (κ1) is 29.3. The van der Waals surface area contributed by atoms with E-state index in [1.165, 1.54) is 5.57 Å². The molecular formula is C15H36. The summed E-state index contributed by atoms with van der Waals surface area (Å²) in [7, 11) is 0. The van der Waals surface area contributed by atoms with Crippen LogP contribution in [0.2, 0.25) is 0 Å². The fraction of sp³-hybridized carbons (Fsp3) is 0.733. The van der Waals surface area contributed by atoms with Crippen molar-refractivity contribution in [2.75, 3.05) is 0 Å². The van der Waals surface area contributed by atoms with E-state index in [0.717, 1.165) is 0 Å². The van der Waals surface area contributed by atoms with Gasteiger partial charge in [0, 0.05) is 0 Å². The van der Waals surface area contributed by atoms with Gasteiger partial charge in [-0.25, -0.2) is 0 Å². The SMILES string of the molecule is C/C=C\C(C)=C/C.CC.CC.CC.CC. The van der Waals surface area contributed by atoms with E-state index in [1.54, 1.807) is 0 Å². The Morgan fingerprint density at radius 2 is 0.933 bits per heavy atom. The first-order chi connectivity index (χ1) is 7.31. The van der Waals surface area contributed by atoms with Crippen LogP contribution in [-0.2, 0) is 0 Å². The highest BCUT2D eigenvalue weighted by atomic mass is 13.8. The molecule has 0 saturated carbocycles. The molecule has 0 fully saturated rings. The van der Waals surface area contributed by atoms with E-state index in [4.69, 9.17) is 0 Å². The van der Waals surface area contributed by atoms with Crippen LogP contribution in [0, 0.1) is 0 Å². The van der Waals surface area contributed by atoms with Gasteiger partial charge >= 0.3 is 0 Å². The summed E-state index contributed by atoms with van der Waals surface area (Å²) in [5.41, 5.74) is 1.32. The maximum atomic E-state index is 2.08. The molecule has 0 aliphatic rings. The van der Waals surface area contributed by atoms with Gasteiger partial charge in [0.25, 0.3) is 0 Å². The smallest absolute Gasteiger partial charge is 0.0401 e. The van der Waals surface area contributed by atoms with Crippen molar-refractivity contribution in [3.8, 4) is 0 Å². The van der Waals surface area contributed by atoms with Gasteiger partial charge in [-0.05, 0) is 20.8 Å². The Hall–Kier alpha value is -0.520. The van der Waals surface area contributed by atoms with Crippen LogP contribution in [0.3, 0.4) is 0 Å². The Kier molecular flexibility index (Phi) is 136. The summed E-state index contributed by atoms with van der Waals surface area (Å²) in [6.45, 7) is 22.1. The maximum Gasteiger partial charge on any atom is -0.0401 e. The highest BCUT2D eigenvalue weighted by molar-refractivity contribution is 5.13. The molecule has 0 rings (SSSR count). The zero-order chi connectivity index (χ0) is 13.7. The van der Waals surface area contributed by atoms with Crippen LogP contribution in [-0.4, -0.2) is 0 Å². The van der Waals surface area contributed by atoms with Crippen LogP contribution in [0.1, 0.15) is 76.2 Å². The molecular weight excluding hydrogens is 180 g/mol. The summed E-state index contributed by atoms with van der Waals surface area (Å²) in [5, 5.41) is 0. The predicted molar refractivity (Wildman–Crippen MR) is 79.6 cm³/mol. The lowest BCUT2D eigenvalue weighted by molar-refractivity contribution is 1.46. The van der Waals surface area contributed by atoms with Crippen LogP contribution in [0.5, 0.6) is 0 Å². The summed E-state index contributed by atoms with van der Waals surface area (Å²) in [5.74, 6) is 0. The summed E-state index contributed by atoms with van der Waals surface area (Å²) < 4.78 is 0. The standard InChI is InChI=1S/C7H12.4C2H6/c1-4-6-7(3)5-2;4*1-2/h4-6H,1-3H3;4*1-2H3/b6-4-,7-5-;;;;. The van der Waals surface area contributed by atoms with E-state index >= 15 is 0 Å². The van der Waals surface area contributed by atoms with Crippen molar-refractivity contribution in [1.29, 1.82) is 0 Å². The van der Waals surface area contributed by atoms with Crippen molar-refractivity contribution in [3.05, 3.63) is 23.8 Å². The molecule has 0 heteroatoms. The van der Waals surface area contributed by atoms with Gasteiger partial charge in [0.15, 0.2) is 0 Å². The molecule has 0 aliphatic carbocycles. The van der Waals surface area contributed by atoms with Gasteiger partial charge < -0.3 is 0 Å². The predicted octanol–water partition coefficient (Wildman–Crippen LogP) is 6.63. The molecule has 0 bridgehead atoms. The van der Waals surface area contributed by atoms with Crippen LogP contribution < -0.4 is 0 Å². The van der Waals surface area contributed by atoms with Gasteiger partial charge in [-0.1, -0.05) is 79.2 Å². The Morgan fingerprint density at radius 3 is 1.00 bits per heavy atom. The first-order valence-electron chi connectivity index (χ1n) is 6.57. The minimum absolute atomic E-state index is 1.32. The second-order valence-corrected chi connectivity index (χ2v) is 1.53. The summed E-state index contributed by atoms with van der Waals surface area (Å²) in [6, 6.07) is 0. The lowest BCUT2D eigenvalue weighted by atomic mass is 10.3. The van der Waals surface area contributed by atoms with Crippen molar-refractivity contribution in [1.82, 2.24) is 0 Å². The molecule has 0 saturated heterocycles. The summed E-state index contributed by atoms with van der Waals surface area (Å²) >= 11 is 0. The third-order valence-electron chi connectivity index (χ3n) is 0.885. The van der Waals surface area contributed by atoms with Crippen LogP contribution in [0.4, 0.5) is 0 Å². The fourth-order valence-corrected chi connectivity index (χ4v) is 0.359. The highest BCUT2D eigenvalue weighted by Crippen LogP contribution is 1.91. The van der Waals surface area contributed by atoms with Crippen molar-refractivity contribution >= 4 is 0 Å². The van der Waals surface area contributed by atoms with Crippen LogP contribution >= 0.6 is 0 Å². The summed E-state index contributed by atoms with van der Waals surface area (Å²) in [6.07, 6.45) is 6.20. The largest absolute Gasteiger partial charge is 0.0874 e. The number of allylic oxidation sites excluding steroid dienone is 4. The van der Waals surface area contributed by atoms with Crippen molar-refractivity contribution in [2.45, 2.75) is 76.2 Å². The molecule has 0 radical (unpaired) electrons. The molecule has 15 heavy (non-hydrogen) atoms. The first-order valence-corrected chi connectivity index (χ1v) is 6.57. The van der Waals surface area contributed by atoms with Crippen molar-refractivity contribution in [3.63, 3.8) is 0 Å². The molecule has 0 amide bonds. The lowest BCUT2D eigenvalue weighted by Gasteiger charge is -1.81. The van der Waals surface area contributed by atoms with Crippen molar-refractivity contribution in [2.24, 2.45) is 0 Å². The average Bonchev–Trinajstić information content (AvgIpc) is 2.39. The second kappa shape index (κ2) is 69.9. The van der Waals surface area contributed by atoms with E-state index in [0.29, 0.717) is 0 Å². The van der Waals surface area contributed by atoms with Crippen LogP contribution in [0.15, 0.2) is 23.8 Å². The molecule has 0 nitrogen and oxygen atoms in total. The number of rotatable bonds is 1. The quantitative estimate of drug-likeness (QED) is 0.431. The molecule has 96 valence electrons. The van der Waals surface area contributed by atoms with E-state index in [9.17, 15) is 0 Å². The van der Waals surface area contributed by atoms with E-state index in [2.05, 4.69) is 19.1 Å². The van der Waals surface area contributed by atoms with Gasteiger partial charge in [-0.2, -0.15) is 0 Å². The Labute approximate surface area is 100 Å². The lowest BCUT2D eigenvalue weighted by Crippen LogP contribution is -1.60. The molecule has 0 aromatic carbocycles. The molecule has 0 unspecified atom stereocenters. The molecule has 0 aliphatic heterocycles. The normalized spacial score (nSPS) is 7.80. The minimum Gasteiger partial charge on any atom is -0.0874 e. The molecule has 0 atom stereocenters. The molecule has 0 spiro atoms. The molecule has 0 N–H and O–H groups in total. The van der Waals surface area contributed by atoms with E-state index in [-0.39, 0.29) is 0 Å². The summed E-state index contributed by atoms with van der Waals surface area (Å²) in [4.78, 5) is 0. The van der Waals surface area contributed by atoms with Gasteiger partial charge in [-0.15, -0.1) is 0 Å². The monoisotopic (exact) mass is 216 g/mol. The van der Waals surface area contributed by atoms with Gasteiger partial charge in [0.05, 0.1) is 0 Å². The van der Waals surface area contributed by atoms with Gasteiger partial charge in [0.2, 0.25) is 0 Å². The minimum atomic E-state index is 1.32. The fourth-order valence-electron chi connectivity index (χ4n) is 0.359. The number of hydrogen-bond acceptors (Lipinski definition) is 0. The Bertz CT molecular complexity index is 86.2.